The molecule has 1 N–H and O–H groups in total. The van der Waals surface area contributed by atoms with Crippen molar-refractivity contribution in [3.05, 3.63) is 11.1 Å². The molecule has 0 fully saturated rings. The van der Waals surface area contributed by atoms with Crippen molar-refractivity contribution in [1.29, 1.82) is 0 Å². The second kappa shape index (κ2) is 3.53. The zero-order valence-electron chi connectivity index (χ0n) is 7.14. The third kappa shape index (κ3) is 2.87. The molecule has 74 valence electrons. The summed E-state index contributed by atoms with van der Waals surface area (Å²) in [4.78, 5) is 3.87. The Morgan fingerprint density at radius 3 is 2.54 bits per heavy atom. The summed E-state index contributed by atoms with van der Waals surface area (Å²) in [6.07, 6.45) is -4.22. The van der Waals surface area contributed by atoms with Crippen LogP contribution in [0.2, 0.25) is 0 Å². The SMILES string of the molecule is Cc1csc(NC(C)C(F)(F)F)n1. The van der Waals surface area contributed by atoms with Gasteiger partial charge in [0, 0.05) is 5.38 Å². The smallest absolute Gasteiger partial charge is 0.350 e. The predicted octanol–water partition coefficient (Wildman–Crippen LogP) is 2.81. The van der Waals surface area contributed by atoms with E-state index >= 15 is 0 Å². The molecular weight excluding hydrogens is 201 g/mol. The van der Waals surface area contributed by atoms with Crippen molar-refractivity contribution in [2.75, 3.05) is 5.32 Å². The van der Waals surface area contributed by atoms with Crippen LogP contribution in [-0.2, 0) is 0 Å². The topological polar surface area (TPSA) is 24.9 Å². The van der Waals surface area contributed by atoms with Crippen molar-refractivity contribution in [1.82, 2.24) is 4.98 Å². The molecule has 1 heterocycles. The highest BCUT2D eigenvalue weighted by atomic mass is 32.1. The lowest BCUT2D eigenvalue weighted by atomic mass is 10.3. The minimum Gasteiger partial charge on any atom is -0.350 e. The summed E-state index contributed by atoms with van der Waals surface area (Å²) in [5.74, 6) is 0. The minimum atomic E-state index is -4.22. The molecule has 13 heavy (non-hydrogen) atoms. The van der Waals surface area contributed by atoms with E-state index in [0.29, 0.717) is 5.13 Å². The molecule has 0 saturated carbocycles. The van der Waals surface area contributed by atoms with Gasteiger partial charge in [-0.25, -0.2) is 4.98 Å². The molecule has 0 aliphatic heterocycles. The van der Waals surface area contributed by atoms with E-state index in [1.807, 2.05) is 0 Å². The Morgan fingerprint density at radius 2 is 2.15 bits per heavy atom. The van der Waals surface area contributed by atoms with Crippen molar-refractivity contribution in [3.8, 4) is 0 Å². The summed E-state index contributed by atoms with van der Waals surface area (Å²) in [5, 5.41) is 4.29. The normalized spacial score (nSPS) is 14.2. The van der Waals surface area contributed by atoms with Crippen molar-refractivity contribution in [3.63, 3.8) is 0 Å². The molecule has 1 unspecified atom stereocenters. The second-order valence-electron chi connectivity index (χ2n) is 2.70. The van der Waals surface area contributed by atoms with Crippen molar-refractivity contribution in [2.24, 2.45) is 0 Å². The van der Waals surface area contributed by atoms with Gasteiger partial charge in [0.25, 0.3) is 0 Å². The van der Waals surface area contributed by atoms with E-state index in [4.69, 9.17) is 0 Å². The zero-order valence-corrected chi connectivity index (χ0v) is 7.96. The summed E-state index contributed by atoms with van der Waals surface area (Å²) in [5.41, 5.74) is 0.724. The molecule has 1 aromatic heterocycles. The fourth-order valence-electron chi connectivity index (χ4n) is 0.687. The van der Waals surface area contributed by atoms with Gasteiger partial charge in [-0.2, -0.15) is 13.2 Å². The summed E-state index contributed by atoms with van der Waals surface area (Å²) in [6, 6.07) is -1.56. The molecule has 0 radical (unpaired) electrons. The minimum absolute atomic E-state index is 0.308. The van der Waals surface area contributed by atoms with E-state index in [-0.39, 0.29) is 0 Å². The first-order valence-corrected chi connectivity index (χ1v) is 4.53. The number of rotatable bonds is 2. The Bertz CT molecular complexity index is 282. The summed E-state index contributed by atoms with van der Waals surface area (Å²) in [7, 11) is 0. The molecule has 0 aliphatic rings. The van der Waals surface area contributed by atoms with Crippen molar-refractivity contribution < 1.29 is 13.2 Å². The van der Waals surface area contributed by atoms with Crippen LogP contribution in [0.25, 0.3) is 0 Å². The van der Waals surface area contributed by atoms with Crippen LogP contribution in [0.15, 0.2) is 5.38 Å². The van der Waals surface area contributed by atoms with Crippen LogP contribution < -0.4 is 5.32 Å². The average Bonchev–Trinajstić information content (AvgIpc) is 2.33. The number of hydrogen-bond donors (Lipinski definition) is 1. The van der Waals surface area contributed by atoms with Gasteiger partial charge in [-0.15, -0.1) is 11.3 Å². The van der Waals surface area contributed by atoms with Crippen LogP contribution in [-0.4, -0.2) is 17.2 Å². The third-order valence-electron chi connectivity index (χ3n) is 1.45. The first kappa shape index (κ1) is 10.3. The largest absolute Gasteiger partial charge is 0.408 e. The zero-order chi connectivity index (χ0) is 10.1. The first-order chi connectivity index (χ1) is 5.89. The van der Waals surface area contributed by atoms with Gasteiger partial charge in [0.2, 0.25) is 0 Å². The number of aryl methyl sites for hydroxylation is 1. The second-order valence-corrected chi connectivity index (χ2v) is 3.56. The summed E-state index contributed by atoms with van der Waals surface area (Å²) >= 11 is 1.17. The van der Waals surface area contributed by atoms with Gasteiger partial charge < -0.3 is 5.32 Å². The lowest BCUT2D eigenvalue weighted by Gasteiger charge is -2.15. The van der Waals surface area contributed by atoms with Gasteiger partial charge in [0.1, 0.15) is 6.04 Å². The number of nitrogens with zero attached hydrogens (tertiary/aromatic N) is 1. The monoisotopic (exact) mass is 210 g/mol. The fourth-order valence-corrected chi connectivity index (χ4v) is 1.46. The van der Waals surface area contributed by atoms with Gasteiger partial charge in [-0.1, -0.05) is 0 Å². The van der Waals surface area contributed by atoms with Crippen LogP contribution in [0.1, 0.15) is 12.6 Å². The van der Waals surface area contributed by atoms with Crippen molar-refractivity contribution >= 4 is 16.5 Å². The van der Waals surface area contributed by atoms with Crippen LogP contribution in [0.5, 0.6) is 0 Å². The molecule has 0 amide bonds. The molecule has 0 aromatic carbocycles. The van der Waals surface area contributed by atoms with Gasteiger partial charge in [0.05, 0.1) is 5.69 Å². The molecule has 0 bridgehead atoms. The van der Waals surface area contributed by atoms with Gasteiger partial charge in [0.15, 0.2) is 5.13 Å². The van der Waals surface area contributed by atoms with Gasteiger partial charge >= 0.3 is 6.18 Å². The average molecular weight is 210 g/mol. The predicted molar refractivity (Wildman–Crippen MR) is 46.0 cm³/mol. The van der Waals surface area contributed by atoms with Crippen LogP contribution >= 0.6 is 11.3 Å². The van der Waals surface area contributed by atoms with Crippen LogP contribution in [0.3, 0.4) is 0 Å². The molecule has 1 rings (SSSR count). The van der Waals surface area contributed by atoms with E-state index in [2.05, 4.69) is 10.3 Å². The molecule has 1 aromatic rings. The van der Waals surface area contributed by atoms with Gasteiger partial charge in [-0.05, 0) is 13.8 Å². The number of anilines is 1. The fraction of sp³-hybridized carbons (Fsp3) is 0.571. The molecule has 6 heteroatoms. The highest BCUT2D eigenvalue weighted by molar-refractivity contribution is 7.13. The highest BCUT2D eigenvalue weighted by Gasteiger charge is 2.36. The number of halogens is 3. The molecule has 0 saturated heterocycles. The number of nitrogens with one attached hydrogen (secondary N) is 1. The van der Waals surface area contributed by atoms with Crippen LogP contribution in [0, 0.1) is 6.92 Å². The molecular formula is C7H9F3N2S. The van der Waals surface area contributed by atoms with E-state index in [1.165, 1.54) is 11.3 Å². The van der Waals surface area contributed by atoms with E-state index in [0.717, 1.165) is 12.6 Å². The van der Waals surface area contributed by atoms with Crippen LogP contribution in [0.4, 0.5) is 18.3 Å². The molecule has 0 spiro atoms. The lowest BCUT2D eigenvalue weighted by Crippen LogP contribution is -2.32. The van der Waals surface area contributed by atoms with E-state index < -0.39 is 12.2 Å². The molecule has 0 aliphatic carbocycles. The summed E-state index contributed by atoms with van der Waals surface area (Å²) in [6.45, 7) is 2.80. The Hall–Kier alpha value is -0.780. The number of alkyl halides is 3. The van der Waals surface area contributed by atoms with Crippen molar-refractivity contribution in [2.45, 2.75) is 26.1 Å². The maximum Gasteiger partial charge on any atom is 0.408 e. The Morgan fingerprint density at radius 1 is 1.54 bits per heavy atom. The quantitative estimate of drug-likeness (QED) is 0.811. The number of aromatic nitrogens is 1. The standard InChI is InChI=1S/C7H9F3N2S/c1-4-3-13-6(11-4)12-5(2)7(8,9)10/h3,5H,1-2H3,(H,11,12). The third-order valence-corrected chi connectivity index (χ3v) is 2.34. The molecule has 2 nitrogen and oxygen atoms in total. The lowest BCUT2D eigenvalue weighted by molar-refractivity contribution is -0.138. The number of hydrogen-bond acceptors (Lipinski definition) is 3. The molecule has 1 atom stereocenters. The van der Waals surface area contributed by atoms with E-state index in [9.17, 15) is 13.2 Å². The van der Waals surface area contributed by atoms with E-state index in [1.54, 1.807) is 12.3 Å². The maximum absolute atomic E-state index is 12.1. The van der Waals surface area contributed by atoms with Gasteiger partial charge in [-0.3, -0.25) is 0 Å². The number of thiazole rings is 1. The first-order valence-electron chi connectivity index (χ1n) is 3.65. The Balaban J connectivity index is 2.60. The summed E-state index contributed by atoms with van der Waals surface area (Å²) < 4.78 is 36.2. The Kier molecular flexibility index (Phi) is 2.80. The highest BCUT2D eigenvalue weighted by Crippen LogP contribution is 2.24. The maximum atomic E-state index is 12.1. The Labute approximate surface area is 77.8 Å².